The summed E-state index contributed by atoms with van der Waals surface area (Å²) >= 11 is 2.95. The minimum absolute atomic E-state index is 0.125. The smallest absolute Gasteiger partial charge is 0.260 e. The van der Waals surface area contributed by atoms with Gasteiger partial charge in [-0.25, -0.2) is 9.67 Å². The summed E-state index contributed by atoms with van der Waals surface area (Å²) in [7, 11) is 0. The number of tetrazole rings is 1. The topological polar surface area (TPSA) is 89.3 Å². The lowest BCUT2D eigenvalue weighted by Crippen LogP contribution is -2.13. The summed E-state index contributed by atoms with van der Waals surface area (Å²) in [6.07, 6.45) is 0. The summed E-state index contributed by atoms with van der Waals surface area (Å²) < 4.78 is 1.76. The Balaban J connectivity index is 1.42. The molecular weight excluding hydrogens is 428 g/mol. The largest absolute Gasteiger partial charge is 0.309 e. The molecule has 3 aromatic heterocycles. The van der Waals surface area contributed by atoms with Gasteiger partial charge in [-0.1, -0.05) is 72.4 Å². The lowest BCUT2D eigenvalue weighted by atomic mass is 10.1. The average Bonchev–Trinajstić information content (AvgIpc) is 3.42. The van der Waals surface area contributed by atoms with Gasteiger partial charge in [0.25, 0.3) is 5.56 Å². The molecule has 1 N–H and O–H groups in total. The summed E-state index contributed by atoms with van der Waals surface area (Å²) in [4.78, 5) is 21.4. The number of hydrogen-bond acceptors (Lipinski definition) is 7. The number of nitrogens with zero attached hydrogens (tertiary/aromatic N) is 5. The molecule has 0 saturated carbocycles. The number of thioether (sulfide) groups is 1. The van der Waals surface area contributed by atoms with E-state index in [1.54, 1.807) is 4.68 Å². The number of benzene rings is 2. The van der Waals surface area contributed by atoms with Crippen LogP contribution in [0.1, 0.15) is 23.6 Å². The van der Waals surface area contributed by atoms with Crippen molar-refractivity contribution < 1.29 is 0 Å². The van der Waals surface area contributed by atoms with E-state index < -0.39 is 0 Å². The minimum atomic E-state index is -0.128. The molecule has 0 aliphatic rings. The first-order valence-electron chi connectivity index (χ1n) is 9.72. The second-order valence-corrected chi connectivity index (χ2v) is 9.18. The van der Waals surface area contributed by atoms with E-state index >= 15 is 0 Å². The van der Waals surface area contributed by atoms with Crippen LogP contribution in [0, 0.1) is 0 Å². The highest BCUT2D eigenvalue weighted by atomic mass is 32.2. The quantitative estimate of drug-likeness (QED) is 0.385. The van der Waals surface area contributed by atoms with E-state index in [1.807, 2.05) is 73.0 Å². The first-order valence-corrected chi connectivity index (χ1v) is 11.5. The maximum absolute atomic E-state index is 12.9. The Labute approximate surface area is 186 Å². The number of rotatable bonds is 6. The molecule has 0 radical (unpaired) electrons. The van der Waals surface area contributed by atoms with E-state index in [4.69, 9.17) is 4.98 Å². The van der Waals surface area contributed by atoms with E-state index in [9.17, 15) is 4.79 Å². The Hall–Kier alpha value is -3.30. The third kappa shape index (κ3) is 4.01. The average molecular weight is 447 g/mol. The molecule has 0 aliphatic heterocycles. The van der Waals surface area contributed by atoms with E-state index in [-0.39, 0.29) is 10.8 Å². The number of H-pyrrole nitrogens is 1. The van der Waals surface area contributed by atoms with Crippen molar-refractivity contribution in [2.45, 2.75) is 23.9 Å². The number of nitrogens with one attached hydrogen (secondary N) is 1. The van der Waals surface area contributed by atoms with Crippen molar-refractivity contribution in [1.29, 1.82) is 0 Å². The lowest BCUT2D eigenvalue weighted by Gasteiger charge is -2.10. The lowest BCUT2D eigenvalue weighted by molar-refractivity contribution is 0.602. The Kier molecular flexibility index (Phi) is 5.35. The molecule has 9 heteroatoms. The SMILES string of the molecule is CC(Sc1nnnn1Cc1ccccc1)c1nc2scc(-c3ccccc3)c2c(=O)[nH]1. The molecule has 0 amide bonds. The van der Waals surface area contributed by atoms with Gasteiger partial charge in [-0.3, -0.25) is 4.79 Å². The Morgan fingerprint density at radius 2 is 1.84 bits per heavy atom. The minimum Gasteiger partial charge on any atom is -0.309 e. The summed E-state index contributed by atoms with van der Waals surface area (Å²) in [5, 5.41) is 15.3. The zero-order valence-electron chi connectivity index (χ0n) is 16.6. The van der Waals surface area contributed by atoms with E-state index in [0.717, 1.165) is 21.5 Å². The number of thiophene rings is 1. The molecule has 0 saturated heterocycles. The van der Waals surface area contributed by atoms with E-state index in [0.29, 0.717) is 22.9 Å². The number of aromatic nitrogens is 6. The monoisotopic (exact) mass is 446 g/mol. The van der Waals surface area contributed by atoms with Crippen LogP contribution in [0.25, 0.3) is 21.3 Å². The Morgan fingerprint density at radius 1 is 1.10 bits per heavy atom. The molecule has 7 nitrogen and oxygen atoms in total. The second kappa shape index (κ2) is 8.44. The highest BCUT2D eigenvalue weighted by Crippen LogP contribution is 2.34. The van der Waals surface area contributed by atoms with Gasteiger partial charge in [0.2, 0.25) is 5.16 Å². The van der Waals surface area contributed by atoms with Gasteiger partial charge < -0.3 is 4.98 Å². The number of aromatic amines is 1. The molecule has 31 heavy (non-hydrogen) atoms. The van der Waals surface area contributed by atoms with Gasteiger partial charge in [-0.15, -0.1) is 16.4 Å². The van der Waals surface area contributed by atoms with Gasteiger partial charge >= 0.3 is 0 Å². The number of fused-ring (bicyclic) bond motifs is 1. The molecule has 0 bridgehead atoms. The normalized spacial score (nSPS) is 12.3. The van der Waals surface area contributed by atoms with Crippen molar-refractivity contribution in [3.63, 3.8) is 0 Å². The van der Waals surface area contributed by atoms with Gasteiger partial charge in [0.1, 0.15) is 10.7 Å². The first kappa shape index (κ1) is 19.7. The van der Waals surface area contributed by atoms with Crippen LogP contribution in [-0.2, 0) is 6.54 Å². The summed E-state index contributed by atoms with van der Waals surface area (Å²) in [5.74, 6) is 0.609. The Bertz CT molecular complexity index is 1380. The maximum Gasteiger partial charge on any atom is 0.260 e. The fraction of sp³-hybridized carbons (Fsp3) is 0.136. The molecule has 0 aliphatic carbocycles. The van der Waals surface area contributed by atoms with Crippen molar-refractivity contribution in [3.05, 3.63) is 87.8 Å². The summed E-state index contributed by atoms with van der Waals surface area (Å²) in [6.45, 7) is 2.57. The van der Waals surface area contributed by atoms with E-state index in [2.05, 4.69) is 20.5 Å². The molecule has 3 heterocycles. The van der Waals surface area contributed by atoms with Gasteiger partial charge in [0.15, 0.2) is 0 Å². The van der Waals surface area contributed by atoms with Gasteiger partial charge in [0.05, 0.1) is 17.2 Å². The standard InChI is InChI=1S/C22H18N6OS2/c1-14(31-22-25-26-27-28(22)12-15-8-4-2-5-9-15)19-23-20(29)18-17(13-30-21(18)24-19)16-10-6-3-7-11-16/h2-11,13-14H,12H2,1H3,(H,23,24,29). The van der Waals surface area contributed by atoms with Crippen molar-refractivity contribution in [3.8, 4) is 11.1 Å². The molecule has 0 spiro atoms. The van der Waals surface area contributed by atoms with Crippen LogP contribution in [0.3, 0.4) is 0 Å². The van der Waals surface area contributed by atoms with Crippen LogP contribution >= 0.6 is 23.1 Å². The first-order chi connectivity index (χ1) is 15.2. The van der Waals surface area contributed by atoms with Crippen LogP contribution in [0.15, 0.2) is 76.0 Å². The van der Waals surface area contributed by atoms with Crippen molar-refractivity contribution in [1.82, 2.24) is 30.2 Å². The van der Waals surface area contributed by atoms with Crippen LogP contribution in [0.2, 0.25) is 0 Å². The Morgan fingerprint density at radius 3 is 2.61 bits per heavy atom. The maximum atomic E-state index is 12.9. The van der Waals surface area contributed by atoms with Crippen molar-refractivity contribution in [2.24, 2.45) is 0 Å². The molecular formula is C22H18N6OS2. The summed E-state index contributed by atoms with van der Waals surface area (Å²) in [5.41, 5.74) is 2.91. The molecule has 5 aromatic rings. The molecule has 1 unspecified atom stereocenters. The fourth-order valence-corrected chi connectivity index (χ4v) is 5.14. The van der Waals surface area contributed by atoms with Crippen LogP contribution in [-0.4, -0.2) is 30.2 Å². The van der Waals surface area contributed by atoms with Gasteiger partial charge in [-0.2, -0.15) is 0 Å². The zero-order valence-corrected chi connectivity index (χ0v) is 18.2. The summed E-state index contributed by atoms with van der Waals surface area (Å²) in [6, 6.07) is 19.9. The molecule has 5 rings (SSSR count). The van der Waals surface area contributed by atoms with Crippen LogP contribution < -0.4 is 5.56 Å². The molecule has 2 aromatic carbocycles. The van der Waals surface area contributed by atoms with Gasteiger partial charge in [0, 0.05) is 10.9 Å². The molecule has 154 valence electrons. The molecule has 0 fully saturated rings. The van der Waals surface area contributed by atoms with Crippen molar-refractivity contribution in [2.75, 3.05) is 0 Å². The third-order valence-corrected chi connectivity index (χ3v) is 6.84. The predicted octanol–water partition coefficient (Wildman–Crippen LogP) is 4.54. The highest BCUT2D eigenvalue weighted by molar-refractivity contribution is 7.99. The molecule has 1 atom stereocenters. The fourth-order valence-electron chi connectivity index (χ4n) is 3.34. The highest BCUT2D eigenvalue weighted by Gasteiger charge is 2.19. The van der Waals surface area contributed by atoms with E-state index in [1.165, 1.54) is 23.1 Å². The van der Waals surface area contributed by atoms with Crippen LogP contribution in [0.5, 0.6) is 0 Å². The van der Waals surface area contributed by atoms with Crippen molar-refractivity contribution >= 4 is 33.3 Å². The third-order valence-electron chi connectivity index (χ3n) is 4.89. The second-order valence-electron chi connectivity index (χ2n) is 7.01. The van der Waals surface area contributed by atoms with Crippen LogP contribution in [0.4, 0.5) is 0 Å². The zero-order chi connectivity index (χ0) is 21.2. The van der Waals surface area contributed by atoms with Gasteiger partial charge in [-0.05, 0) is 28.5 Å². The predicted molar refractivity (Wildman–Crippen MR) is 123 cm³/mol. The number of hydrogen-bond donors (Lipinski definition) is 1.